The van der Waals surface area contributed by atoms with Crippen LogP contribution in [0.2, 0.25) is 0 Å². The van der Waals surface area contributed by atoms with Gasteiger partial charge in [0.15, 0.2) is 0 Å². The van der Waals surface area contributed by atoms with Crippen molar-refractivity contribution in [2.45, 2.75) is 6.18 Å². The number of carbonyl (C=O) groups is 1. The van der Waals surface area contributed by atoms with Gasteiger partial charge in [-0.1, -0.05) is 0 Å². The molecule has 7 heteroatoms. The summed E-state index contributed by atoms with van der Waals surface area (Å²) in [6.45, 7) is 1.02. The molecule has 0 fully saturated rings. The van der Waals surface area contributed by atoms with E-state index in [4.69, 9.17) is 0 Å². The van der Waals surface area contributed by atoms with E-state index in [2.05, 4.69) is 5.32 Å². The number of carbonyl (C=O) groups excluding carboxylic acids is 1. The van der Waals surface area contributed by atoms with Crippen molar-refractivity contribution < 1.29 is 18.0 Å². The summed E-state index contributed by atoms with van der Waals surface area (Å²) in [7, 11) is 3.69. The number of hydrogen-bond donors (Lipinski definition) is 1. The predicted molar refractivity (Wildman–Crippen MR) is 75.0 cm³/mol. The van der Waals surface area contributed by atoms with Crippen molar-refractivity contribution in [3.63, 3.8) is 0 Å². The average Bonchev–Trinajstić information content (AvgIpc) is 2.27. The van der Waals surface area contributed by atoms with Crippen molar-refractivity contribution in [3.8, 4) is 0 Å². The van der Waals surface area contributed by atoms with Gasteiger partial charge in [-0.05, 0) is 54.9 Å². The lowest BCUT2D eigenvalue weighted by atomic mass is 10.1. The van der Waals surface area contributed by atoms with E-state index in [-0.39, 0.29) is 9.13 Å². The summed E-state index contributed by atoms with van der Waals surface area (Å²) in [5.74, 6) is -0.497. The van der Waals surface area contributed by atoms with Gasteiger partial charge in [-0.3, -0.25) is 4.79 Å². The highest BCUT2D eigenvalue weighted by atomic mass is 127. The molecule has 19 heavy (non-hydrogen) atoms. The molecule has 1 N–H and O–H groups in total. The van der Waals surface area contributed by atoms with Gasteiger partial charge < -0.3 is 10.2 Å². The molecule has 0 bridgehead atoms. The molecule has 1 aromatic rings. The summed E-state index contributed by atoms with van der Waals surface area (Å²) in [6.07, 6.45) is -4.45. The molecule has 0 spiro atoms. The Morgan fingerprint density at radius 2 is 2.00 bits per heavy atom. The summed E-state index contributed by atoms with van der Waals surface area (Å²) in [4.78, 5) is 13.6. The van der Waals surface area contributed by atoms with Crippen LogP contribution >= 0.6 is 22.6 Å². The van der Waals surface area contributed by atoms with Crippen LogP contribution in [0.25, 0.3) is 0 Å². The van der Waals surface area contributed by atoms with Gasteiger partial charge >= 0.3 is 6.18 Å². The lowest BCUT2D eigenvalue weighted by molar-refractivity contribution is -0.138. The minimum absolute atomic E-state index is 0.0199. The van der Waals surface area contributed by atoms with Gasteiger partial charge in [0.25, 0.3) is 5.91 Å². The highest BCUT2D eigenvalue weighted by molar-refractivity contribution is 14.1. The Kier molecular flexibility index (Phi) is 5.60. The van der Waals surface area contributed by atoms with Gasteiger partial charge in [-0.25, -0.2) is 0 Å². The first-order valence-corrected chi connectivity index (χ1v) is 6.59. The average molecular weight is 386 g/mol. The van der Waals surface area contributed by atoms with E-state index in [0.717, 1.165) is 6.07 Å². The van der Waals surface area contributed by atoms with Gasteiger partial charge in [0.2, 0.25) is 0 Å². The van der Waals surface area contributed by atoms with Crippen molar-refractivity contribution in [3.05, 3.63) is 32.9 Å². The number of rotatable bonds is 4. The molecule has 0 aliphatic carbocycles. The third kappa shape index (κ3) is 4.98. The Morgan fingerprint density at radius 3 is 2.53 bits per heavy atom. The Bertz CT molecular complexity index is 461. The van der Waals surface area contributed by atoms with Crippen LogP contribution in [-0.2, 0) is 6.18 Å². The second-order valence-corrected chi connectivity index (χ2v) is 5.41. The fourth-order valence-corrected chi connectivity index (χ4v) is 2.02. The predicted octanol–water partition coefficient (Wildman–Crippen LogP) is 2.60. The molecule has 0 saturated heterocycles. The first kappa shape index (κ1) is 16.2. The molecule has 0 atom stereocenters. The molecule has 0 aliphatic heterocycles. The van der Waals surface area contributed by atoms with Crippen LogP contribution in [-0.4, -0.2) is 38.0 Å². The van der Waals surface area contributed by atoms with Crippen molar-refractivity contribution in [2.75, 3.05) is 27.2 Å². The molecule has 0 radical (unpaired) electrons. The van der Waals surface area contributed by atoms with Crippen molar-refractivity contribution >= 4 is 28.5 Å². The fraction of sp³-hybridized carbons (Fsp3) is 0.417. The molecular weight excluding hydrogens is 372 g/mol. The number of hydrogen-bond acceptors (Lipinski definition) is 2. The molecule has 3 nitrogen and oxygen atoms in total. The number of halogens is 4. The monoisotopic (exact) mass is 386 g/mol. The SMILES string of the molecule is CN(C)CCNC(=O)c1ccc(I)c(C(F)(F)F)c1. The number of likely N-dealkylation sites (N-methyl/N-ethyl adjacent to an activating group) is 1. The highest BCUT2D eigenvalue weighted by Crippen LogP contribution is 2.33. The Balaban J connectivity index is 2.82. The molecule has 1 rings (SSSR count). The van der Waals surface area contributed by atoms with Crippen molar-refractivity contribution in [2.24, 2.45) is 0 Å². The zero-order valence-corrected chi connectivity index (χ0v) is 12.7. The Hall–Kier alpha value is -0.830. The topological polar surface area (TPSA) is 32.3 Å². The largest absolute Gasteiger partial charge is 0.417 e. The third-order valence-electron chi connectivity index (χ3n) is 2.38. The number of nitrogens with zero attached hydrogens (tertiary/aromatic N) is 1. The molecule has 0 heterocycles. The van der Waals surface area contributed by atoms with Crippen LogP contribution in [0.3, 0.4) is 0 Å². The minimum Gasteiger partial charge on any atom is -0.351 e. The maximum absolute atomic E-state index is 12.7. The number of amides is 1. The molecule has 1 amide bonds. The van der Waals surface area contributed by atoms with Crippen LogP contribution in [0.1, 0.15) is 15.9 Å². The van der Waals surface area contributed by atoms with Crippen molar-refractivity contribution in [1.29, 1.82) is 0 Å². The van der Waals surface area contributed by atoms with E-state index in [1.807, 2.05) is 19.0 Å². The summed E-state index contributed by atoms with van der Waals surface area (Å²) < 4.78 is 38.2. The summed E-state index contributed by atoms with van der Waals surface area (Å²) in [6, 6.07) is 3.57. The molecule has 106 valence electrons. The van der Waals surface area contributed by atoms with Crippen LogP contribution in [0.15, 0.2) is 18.2 Å². The zero-order chi connectivity index (χ0) is 14.6. The molecular formula is C12H14F3IN2O. The van der Waals surface area contributed by atoms with Crippen LogP contribution in [0.4, 0.5) is 13.2 Å². The zero-order valence-electron chi connectivity index (χ0n) is 10.5. The highest BCUT2D eigenvalue weighted by Gasteiger charge is 2.33. The maximum atomic E-state index is 12.7. The summed E-state index contributed by atoms with van der Waals surface area (Å²) >= 11 is 1.60. The molecule has 1 aromatic carbocycles. The van der Waals surface area contributed by atoms with E-state index in [1.54, 1.807) is 22.6 Å². The minimum atomic E-state index is -4.45. The smallest absolute Gasteiger partial charge is 0.351 e. The quantitative estimate of drug-likeness (QED) is 0.808. The standard InChI is InChI=1S/C12H14F3IN2O/c1-18(2)6-5-17-11(19)8-3-4-10(16)9(7-8)12(13,14)15/h3-4,7H,5-6H2,1-2H3,(H,17,19). The molecule has 0 unspecified atom stereocenters. The molecule has 0 saturated carbocycles. The van der Waals surface area contributed by atoms with Gasteiger partial charge in [-0.2, -0.15) is 13.2 Å². The Labute approximate surface area is 123 Å². The van der Waals surface area contributed by atoms with E-state index < -0.39 is 17.6 Å². The van der Waals surface area contributed by atoms with Crippen LogP contribution < -0.4 is 5.32 Å². The number of benzene rings is 1. The Morgan fingerprint density at radius 1 is 1.37 bits per heavy atom. The van der Waals surface area contributed by atoms with Gasteiger partial charge in [-0.15, -0.1) is 0 Å². The van der Waals surface area contributed by atoms with E-state index in [9.17, 15) is 18.0 Å². The normalized spacial score (nSPS) is 11.7. The second-order valence-electron chi connectivity index (χ2n) is 4.25. The first-order valence-electron chi connectivity index (χ1n) is 5.51. The number of nitrogens with one attached hydrogen (secondary N) is 1. The lowest BCUT2D eigenvalue weighted by Gasteiger charge is -2.12. The molecule has 0 aromatic heterocycles. The first-order chi connectivity index (χ1) is 8.71. The van der Waals surface area contributed by atoms with E-state index >= 15 is 0 Å². The van der Waals surface area contributed by atoms with Crippen LogP contribution in [0, 0.1) is 3.57 Å². The summed E-state index contributed by atoms with van der Waals surface area (Å²) in [5, 5.41) is 2.58. The number of alkyl halides is 3. The third-order valence-corrected chi connectivity index (χ3v) is 3.32. The summed E-state index contributed by atoms with van der Waals surface area (Å²) in [5.41, 5.74) is -0.764. The molecule has 0 aliphatic rings. The van der Waals surface area contributed by atoms with Crippen molar-refractivity contribution in [1.82, 2.24) is 10.2 Å². The van der Waals surface area contributed by atoms with Gasteiger partial charge in [0.1, 0.15) is 0 Å². The maximum Gasteiger partial charge on any atom is 0.417 e. The second kappa shape index (κ2) is 6.56. The lowest BCUT2D eigenvalue weighted by Crippen LogP contribution is -2.31. The fourth-order valence-electron chi connectivity index (χ4n) is 1.38. The van der Waals surface area contributed by atoms with E-state index in [1.165, 1.54) is 12.1 Å². The van der Waals surface area contributed by atoms with E-state index in [0.29, 0.717) is 13.1 Å². The van der Waals surface area contributed by atoms with Gasteiger partial charge in [0.05, 0.1) is 5.56 Å². The van der Waals surface area contributed by atoms with Crippen LogP contribution in [0.5, 0.6) is 0 Å². The van der Waals surface area contributed by atoms with Gasteiger partial charge in [0, 0.05) is 22.2 Å².